The average molecular weight is 457 g/mol. The van der Waals surface area contributed by atoms with Crippen molar-refractivity contribution in [2.75, 3.05) is 6.54 Å². The fraction of sp³-hybridized carbons (Fsp3) is 0.217. The number of alkyl halides is 3. The van der Waals surface area contributed by atoms with Crippen molar-refractivity contribution < 1.29 is 17.6 Å². The van der Waals surface area contributed by atoms with Gasteiger partial charge in [-0.05, 0) is 35.7 Å². The zero-order valence-corrected chi connectivity index (χ0v) is 17.6. The molecule has 164 valence electrons. The number of thiophene rings is 1. The van der Waals surface area contributed by atoms with Crippen LogP contribution in [0.3, 0.4) is 0 Å². The van der Waals surface area contributed by atoms with Crippen molar-refractivity contribution >= 4 is 11.3 Å². The fourth-order valence-corrected chi connectivity index (χ4v) is 4.50. The first-order valence-electron chi connectivity index (χ1n) is 10.0. The highest BCUT2D eigenvalue weighted by molar-refractivity contribution is 7.13. The fourth-order valence-electron chi connectivity index (χ4n) is 3.83. The minimum absolute atomic E-state index is 0.146. The molecule has 1 aliphatic heterocycles. The molecular formula is C23H18F3N3O2S. The van der Waals surface area contributed by atoms with Gasteiger partial charge in [0.25, 0.3) is 5.56 Å². The Morgan fingerprint density at radius 1 is 1.16 bits per heavy atom. The summed E-state index contributed by atoms with van der Waals surface area (Å²) in [7, 11) is 0. The molecule has 3 aromatic heterocycles. The van der Waals surface area contributed by atoms with Crippen LogP contribution in [0.5, 0.6) is 0 Å². The number of fused-ring (bicyclic) bond motifs is 1. The maximum atomic E-state index is 13.0. The van der Waals surface area contributed by atoms with Crippen molar-refractivity contribution in [2.24, 2.45) is 0 Å². The molecule has 0 unspecified atom stereocenters. The summed E-state index contributed by atoms with van der Waals surface area (Å²) in [6.45, 7) is 1.58. The summed E-state index contributed by atoms with van der Waals surface area (Å²) < 4.78 is 44.8. The Morgan fingerprint density at radius 3 is 2.81 bits per heavy atom. The maximum absolute atomic E-state index is 13.0. The summed E-state index contributed by atoms with van der Waals surface area (Å²) in [5.41, 5.74) is 0.956. The van der Waals surface area contributed by atoms with E-state index in [1.54, 1.807) is 18.2 Å². The van der Waals surface area contributed by atoms with Crippen LogP contribution in [0.15, 0.2) is 63.1 Å². The number of benzene rings is 1. The molecular weight excluding hydrogens is 439 g/mol. The van der Waals surface area contributed by atoms with E-state index in [-0.39, 0.29) is 5.56 Å². The molecule has 0 spiro atoms. The summed E-state index contributed by atoms with van der Waals surface area (Å²) in [6, 6.07) is 12.3. The number of halogens is 3. The first-order chi connectivity index (χ1) is 15.4. The molecule has 5 nitrogen and oxygen atoms in total. The lowest BCUT2D eigenvalue weighted by Crippen LogP contribution is -2.35. The molecule has 0 bridgehead atoms. The number of aromatic nitrogens is 2. The van der Waals surface area contributed by atoms with Gasteiger partial charge >= 0.3 is 6.18 Å². The zero-order chi connectivity index (χ0) is 22.3. The van der Waals surface area contributed by atoms with Gasteiger partial charge in [0.2, 0.25) is 0 Å². The summed E-state index contributed by atoms with van der Waals surface area (Å²) in [4.78, 5) is 23.1. The summed E-state index contributed by atoms with van der Waals surface area (Å²) in [5, 5.41) is 1.94. The Labute approximate surface area is 185 Å². The van der Waals surface area contributed by atoms with Crippen molar-refractivity contribution in [3.05, 3.63) is 86.8 Å². The Kier molecular flexibility index (Phi) is 5.22. The monoisotopic (exact) mass is 457 g/mol. The number of furan rings is 1. The van der Waals surface area contributed by atoms with Gasteiger partial charge in [0, 0.05) is 25.1 Å². The van der Waals surface area contributed by atoms with Gasteiger partial charge in [0.15, 0.2) is 5.82 Å². The van der Waals surface area contributed by atoms with Gasteiger partial charge in [-0.1, -0.05) is 18.2 Å². The Hall–Kier alpha value is -3.17. The maximum Gasteiger partial charge on any atom is 0.416 e. The summed E-state index contributed by atoms with van der Waals surface area (Å²) >= 11 is 1.52. The molecule has 32 heavy (non-hydrogen) atoms. The first-order valence-corrected chi connectivity index (χ1v) is 10.9. The molecule has 0 radical (unpaired) electrons. The van der Waals surface area contributed by atoms with E-state index >= 15 is 0 Å². The second kappa shape index (κ2) is 8.07. The lowest BCUT2D eigenvalue weighted by molar-refractivity contribution is -0.137. The normalized spacial score (nSPS) is 14.5. The molecule has 0 saturated heterocycles. The average Bonchev–Trinajstić information content (AvgIpc) is 3.46. The van der Waals surface area contributed by atoms with E-state index in [0.29, 0.717) is 54.5 Å². The van der Waals surface area contributed by atoms with Crippen LogP contribution in [-0.4, -0.2) is 21.4 Å². The molecule has 0 saturated carbocycles. The lowest BCUT2D eigenvalue weighted by Gasteiger charge is -2.26. The van der Waals surface area contributed by atoms with Crippen LogP contribution in [-0.2, 0) is 25.7 Å². The van der Waals surface area contributed by atoms with Crippen molar-refractivity contribution in [2.45, 2.75) is 25.7 Å². The SMILES string of the molecule is O=c1[nH]c(-c2cccs2)nc2c1CN(Cc1ccc(-c3cccc(C(F)(F)F)c3)o1)CC2. The van der Waals surface area contributed by atoms with Gasteiger partial charge in [-0.3, -0.25) is 9.69 Å². The van der Waals surface area contributed by atoms with Crippen LogP contribution >= 0.6 is 11.3 Å². The largest absolute Gasteiger partial charge is 0.460 e. The standard InChI is InChI=1S/C23H18F3N3O2S/c24-23(25,26)15-4-1-3-14(11-15)19-7-6-16(31-19)12-29-9-8-18-17(13-29)22(30)28-21(27-18)20-5-2-10-32-20/h1-7,10-11H,8-9,12-13H2,(H,27,28,30). The van der Waals surface area contributed by atoms with Crippen LogP contribution in [0, 0.1) is 0 Å². The topological polar surface area (TPSA) is 62.1 Å². The van der Waals surface area contributed by atoms with Crippen LogP contribution in [0.1, 0.15) is 22.6 Å². The molecule has 4 heterocycles. The minimum Gasteiger partial charge on any atom is -0.460 e. The molecule has 5 rings (SSSR count). The van der Waals surface area contributed by atoms with Crippen LogP contribution in [0.2, 0.25) is 0 Å². The zero-order valence-electron chi connectivity index (χ0n) is 16.8. The third-order valence-corrected chi connectivity index (χ3v) is 6.29. The van der Waals surface area contributed by atoms with Gasteiger partial charge in [-0.2, -0.15) is 13.2 Å². The molecule has 1 N–H and O–H groups in total. The highest BCUT2D eigenvalue weighted by atomic mass is 32.1. The predicted molar refractivity (Wildman–Crippen MR) is 115 cm³/mol. The molecule has 0 amide bonds. The molecule has 0 fully saturated rings. The van der Waals surface area contributed by atoms with Crippen molar-refractivity contribution in [1.29, 1.82) is 0 Å². The number of rotatable bonds is 4. The Balaban J connectivity index is 1.32. The van der Waals surface area contributed by atoms with Crippen LogP contribution in [0.4, 0.5) is 13.2 Å². The smallest absolute Gasteiger partial charge is 0.416 e. The second-order valence-corrected chi connectivity index (χ2v) is 8.57. The number of hydrogen-bond acceptors (Lipinski definition) is 5. The van der Waals surface area contributed by atoms with Gasteiger partial charge in [0.1, 0.15) is 11.5 Å². The van der Waals surface area contributed by atoms with Crippen molar-refractivity contribution in [3.63, 3.8) is 0 Å². The van der Waals surface area contributed by atoms with E-state index in [1.807, 2.05) is 17.5 Å². The molecule has 9 heteroatoms. The Bertz CT molecular complexity index is 1310. The molecule has 0 atom stereocenters. The summed E-state index contributed by atoms with van der Waals surface area (Å²) in [6.07, 6.45) is -3.77. The number of hydrogen-bond donors (Lipinski definition) is 1. The highest BCUT2D eigenvalue weighted by Gasteiger charge is 2.30. The van der Waals surface area contributed by atoms with Crippen molar-refractivity contribution in [3.8, 4) is 22.0 Å². The third-order valence-electron chi connectivity index (χ3n) is 5.42. The first kappa shape index (κ1) is 20.7. The van der Waals surface area contributed by atoms with Gasteiger partial charge < -0.3 is 9.40 Å². The van der Waals surface area contributed by atoms with Crippen LogP contribution < -0.4 is 5.56 Å². The third kappa shape index (κ3) is 4.13. The Morgan fingerprint density at radius 2 is 2.03 bits per heavy atom. The van der Waals surface area contributed by atoms with Gasteiger partial charge in [-0.25, -0.2) is 4.98 Å². The molecule has 1 aromatic carbocycles. The number of H-pyrrole nitrogens is 1. The van der Waals surface area contributed by atoms with E-state index in [0.717, 1.165) is 22.7 Å². The lowest BCUT2D eigenvalue weighted by atomic mass is 10.1. The second-order valence-electron chi connectivity index (χ2n) is 7.62. The van der Waals surface area contributed by atoms with Gasteiger partial charge in [-0.15, -0.1) is 11.3 Å². The molecule has 0 aliphatic carbocycles. The molecule has 1 aliphatic rings. The van der Waals surface area contributed by atoms with E-state index in [1.165, 1.54) is 17.4 Å². The number of nitrogens with one attached hydrogen (secondary N) is 1. The predicted octanol–water partition coefficient (Wildman–Crippen LogP) is 5.34. The van der Waals surface area contributed by atoms with Crippen LogP contribution in [0.25, 0.3) is 22.0 Å². The quantitative estimate of drug-likeness (QED) is 0.450. The van der Waals surface area contributed by atoms with E-state index in [9.17, 15) is 18.0 Å². The van der Waals surface area contributed by atoms with Gasteiger partial charge in [0.05, 0.1) is 28.2 Å². The van der Waals surface area contributed by atoms with Crippen molar-refractivity contribution in [1.82, 2.24) is 14.9 Å². The van der Waals surface area contributed by atoms with E-state index < -0.39 is 11.7 Å². The minimum atomic E-state index is -4.41. The number of nitrogens with zero attached hydrogens (tertiary/aromatic N) is 2. The summed E-state index contributed by atoms with van der Waals surface area (Å²) in [5.74, 6) is 1.60. The van der Waals surface area contributed by atoms with E-state index in [2.05, 4.69) is 14.9 Å². The van der Waals surface area contributed by atoms with E-state index in [4.69, 9.17) is 4.42 Å². The number of aromatic amines is 1. The molecule has 4 aromatic rings. The highest BCUT2D eigenvalue weighted by Crippen LogP contribution is 2.33.